The first kappa shape index (κ1) is 23.4. The molecule has 2 unspecified atom stereocenters. The number of amides is 1. The molecule has 180 valence electrons. The first-order valence-electron chi connectivity index (χ1n) is 10.8. The van der Waals surface area contributed by atoms with E-state index in [0.29, 0.717) is 39.1 Å². The van der Waals surface area contributed by atoms with Gasteiger partial charge in [-0.25, -0.2) is 4.98 Å². The maximum atomic E-state index is 13.2. The fourth-order valence-corrected chi connectivity index (χ4v) is 4.78. The standard InChI is InChI=1S/C25H22Cl2N4O4/c1-25(13-34-2)24(33)30-19-12-29-22-16(9-10-28-22)21(19)31(25)23(32)15-8-7-14(11-18(15)27)35-20-6-4-3-5-17(20)26/h3-12,23,32H,13H2,1-2H3,(H,28,29)(H,30,33). The molecule has 2 atom stereocenters. The molecule has 2 aromatic carbocycles. The van der Waals surface area contributed by atoms with E-state index in [4.69, 9.17) is 32.7 Å². The molecule has 0 aliphatic carbocycles. The van der Waals surface area contributed by atoms with Crippen molar-refractivity contribution in [3.05, 3.63) is 76.5 Å². The van der Waals surface area contributed by atoms with E-state index in [1.165, 1.54) is 7.11 Å². The molecule has 0 bridgehead atoms. The highest BCUT2D eigenvalue weighted by atomic mass is 35.5. The van der Waals surface area contributed by atoms with Crippen LogP contribution in [-0.2, 0) is 9.53 Å². The Labute approximate surface area is 211 Å². The number of carbonyl (C=O) groups excluding carboxylic acids is 1. The van der Waals surface area contributed by atoms with Gasteiger partial charge in [0.15, 0.2) is 6.23 Å². The number of ether oxygens (including phenoxy) is 2. The van der Waals surface area contributed by atoms with Crippen molar-refractivity contribution in [2.75, 3.05) is 23.9 Å². The van der Waals surface area contributed by atoms with Gasteiger partial charge in [-0.1, -0.05) is 35.3 Å². The molecule has 2 aromatic heterocycles. The zero-order valence-corrected chi connectivity index (χ0v) is 20.4. The number of aliphatic hydroxyl groups is 1. The summed E-state index contributed by atoms with van der Waals surface area (Å²) >= 11 is 12.8. The molecule has 1 aliphatic rings. The molecule has 35 heavy (non-hydrogen) atoms. The van der Waals surface area contributed by atoms with Gasteiger partial charge in [-0.15, -0.1) is 0 Å². The van der Waals surface area contributed by atoms with Crippen LogP contribution in [0.25, 0.3) is 11.0 Å². The van der Waals surface area contributed by atoms with Gasteiger partial charge >= 0.3 is 0 Å². The first-order valence-corrected chi connectivity index (χ1v) is 11.5. The largest absolute Gasteiger partial charge is 0.456 e. The van der Waals surface area contributed by atoms with Crippen molar-refractivity contribution < 1.29 is 19.4 Å². The number of pyridine rings is 1. The summed E-state index contributed by atoms with van der Waals surface area (Å²) in [5.74, 6) is 0.597. The zero-order chi connectivity index (χ0) is 24.7. The molecule has 0 saturated heterocycles. The van der Waals surface area contributed by atoms with Gasteiger partial charge in [0.1, 0.15) is 22.7 Å². The van der Waals surface area contributed by atoms with Crippen LogP contribution in [0.3, 0.4) is 0 Å². The summed E-state index contributed by atoms with van der Waals surface area (Å²) in [6.45, 7) is 1.73. The van der Waals surface area contributed by atoms with Gasteiger partial charge in [-0.3, -0.25) is 4.79 Å². The monoisotopic (exact) mass is 512 g/mol. The van der Waals surface area contributed by atoms with Gasteiger partial charge in [-0.05, 0) is 43.3 Å². The molecule has 0 spiro atoms. The van der Waals surface area contributed by atoms with E-state index in [1.54, 1.807) is 54.5 Å². The van der Waals surface area contributed by atoms with Crippen LogP contribution in [0.1, 0.15) is 18.7 Å². The molecular formula is C25H22Cl2N4O4. The van der Waals surface area contributed by atoms with Crippen molar-refractivity contribution in [1.82, 2.24) is 9.97 Å². The normalized spacial score (nSPS) is 18.3. The third kappa shape index (κ3) is 3.98. The second kappa shape index (κ2) is 9.05. The number of aliphatic hydroxyl groups excluding tert-OH is 1. The van der Waals surface area contributed by atoms with Gasteiger partial charge < -0.3 is 29.8 Å². The Kier molecular flexibility index (Phi) is 6.06. The molecule has 1 aliphatic heterocycles. The Hall–Kier alpha value is -3.30. The lowest BCUT2D eigenvalue weighted by atomic mass is 9.92. The number of methoxy groups -OCH3 is 1. The second-order valence-electron chi connectivity index (χ2n) is 8.38. The smallest absolute Gasteiger partial charge is 0.252 e. The van der Waals surface area contributed by atoms with Gasteiger partial charge in [0.2, 0.25) is 0 Å². The van der Waals surface area contributed by atoms with Crippen LogP contribution in [0.15, 0.2) is 60.9 Å². The highest BCUT2D eigenvalue weighted by molar-refractivity contribution is 6.32. The fraction of sp³-hybridized carbons (Fsp3) is 0.200. The number of benzene rings is 2. The number of fused-ring (bicyclic) bond motifs is 3. The first-order chi connectivity index (χ1) is 16.8. The van der Waals surface area contributed by atoms with Crippen molar-refractivity contribution >= 4 is 51.5 Å². The minimum Gasteiger partial charge on any atom is -0.456 e. The number of nitrogens with one attached hydrogen (secondary N) is 2. The third-order valence-electron chi connectivity index (χ3n) is 6.05. The number of nitrogens with zero attached hydrogens (tertiary/aromatic N) is 2. The molecule has 5 rings (SSSR count). The number of halogens is 2. The molecule has 0 fully saturated rings. The van der Waals surface area contributed by atoms with Crippen LogP contribution in [0.4, 0.5) is 11.4 Å². The summed E-state index contributed by atoms with van der Waals surface area (Å²) in [6, 6.07) is 13.9. The molecule has 10 heteroatoms. The number of hydrogen-bond acceptors (Lipinski definition) is 6. The van der Waals surface area contributed by atoms with E-state index in [1.807, 2.05) is 18.2 Å². The van der Waals surface area contributed by atoms with Crippen LogP contribution in [0, 0.1) is 0 Å². The average Bonchev–Trinajstić information content (AvgIpc) is 3.31. The Morgan fingerprint density at radius 2 is 1.97 bits per heavy atom. The molecule has 1 amide bonds. The van der Waals surface area contributed by atoms with Crippen LogP contribution >= 0.6 is 23.2 Å². The van der Waals surface area contributed by atoms with Crippen molar-refractivity contribution in [1.29, 1.82) is 0 Å². The Morgan fingerprint density at radius 3 is 2.71 bits per heavy atom. The number of anilines is 2. The number of hydrogen-bond donors (Lipinski definition) is 3. The average molecular weight is 513 g/mol. The third-order valence-corrected chi connectivity index (χ3v) is 6.69. The van der Waals surface area contributed by atoms with E-state index >= 15 is 0 Å². The lowest BCUT2D eigenvalue weighted by Gasteiger charge is -2.47. The number of para-hydroxylation sites is 1. The van der Waals surface area contributed by atoms with E-state index < -0.39 is 11.8 Å². The van der Waals surface area contributed by atoms with Crippen molar-refractivity contribution in [3.63, 3.8) is 0 Å². The highest BCUT2D eigenvalue weighted by Crippen LogP contribution is 2.46. The number of carbonyl (C=O) groups is 1. The molecule has 4 aromatic rings. The van der Waals surface area contributed by atoms with Gasteiger partial charge in [0.25, 0.3) is 5.91 Å². The lowest BCUT2D eigenvalue weighted by molar-refractivity contribution is -0.124. The minimum absolute atomic E-state index is 0.0227. The van der Waals surface area contributed by atoms with Gasteiger partial charge in [0.05, 0.1) is 34.2 Å². The Bertz CT molecular complexity index is 1430. The molecule has 0 radical (unpaired) electrons. The minimum atomic E-state index is -1.29. The molecule has 8 nitrogen and oxygen atoms in total. The zero-order valence-electron chi connectivity index (χ0n) is 18.9. The Balaban J connectivity index is 1.59. The summed E-state index contributed by atoms with van der Waals surface area (Å²) in [5, 5.41) is 16.0. The van der Waals surface area contributed by atoms with Crippen molar-refractivity contribution in [2.24, 2.45) is 0 Å². The van der Waals surface area contributed by atoms with E-state index in [9.17, 15) is 9.90 Å². The van der Waals surface area contributed by atoms with E-state index in [-0.39, 0.29) is 17.5 Å². The van der Waals surface area contributed by atoms with Crippen molar-refractivity contribution in [3.8, 4) is 11.5 Å². The summed E-state index contributed by atoms with van der Waals surface area (Å²) < 4.78 is 11.3. The fourth-order valence-electron chi connectivity index (χ4n) is 4.34. The molecule has 3 heterocycles. The maximum Gasteiger partial charge on any atom is 0.252 e. The number of rotatable bonds is 6. The molecular weight excluding hydrogens is 491 g/mol. The molecule has 0 saturated carbocycles. The van der Waals surface area contributed by atoms with Gasteiger partial charge in [-0.2, -0.15) is 0 Å². The van der Waals surface area contributed by atoms with E-state index in [2.05, 4.69) is 15.3 Å². The predicted octanol–water partition coefficient (Wildman–Crippen LogP) is 5.52. The summed E-state index contributed by atoms with van der Waals surface area (Å²) in [4.78, 5) is 22.3. The molecule has 3 N–H and O–H groups in total. The SMILES string of the molecule is COCC1(C)C(=O)Nc2cnc3[nH]ccc3c2N1C(O)c1ccc(Oc2ccccc2Cl)cc1Cl. The number of H-pyrrole nitrogens is 1. The Morgan fingerprint density at radius 1 is 1.17 bits per heavy atom. The summed E-state index contributed by atoms with van der Waals surface area (Å²) in [7, 11) is 1.50. The van der Waals surface area contributed by atoms with Crippen LogP contribution in [0.2, 0.25) is 10.0 Å². The number of aromatic amines is 1. The van der Waals surface area contributed by atoms with Crippen LogP contribution < -0.4 is 15.0 Å². The second-order valence-corrected chi connectivity index (χ2v) is 9.20. The van der Waals surface area contributed by atoms with E-state index in [0.717, 1.165) is 5.39 Å². The maximum absolute atomic E-state index is 13.2. The van der Waals surface area contributed by atoms with Crippen molar-refractivity contribution in [2.45, 2.75) is 18.7 Å². The van der Waals surface area contributed by atoms with Crippen LogP contribution in [0.5, 0.6) is 11.5 Å². The number of aromatic nitrogens is 2. The van der Waals surface area contributed by atoms with Crippen LogP contribution in [-0.4, -0.2) is 40.2 Å². The topological polar surface area (TPSA) is 99.7 Å². The highest BCUT2D eigenvalue weighted by Gasteiger charge is 2.48. The summed E-state index contributed by atoms with van der Waals surface area (Å²) in [5.41, 5.74) is 0.843. The summed E-state index contributed by atoms with van der Waals surface area (Å²) in [6.07, 6.45) is 2.02. The predicted molar refractivity (Wildman–Crippen MR) is 135 cm³/mol. The lowest BCUT2D eigenvalue weighted by Crippen LogP contribution is -2.61. The quantitative estimate of drug-likeness (QED) is 0.314. The van der Waals surface area contributed by atoms with Gasteiger partial charge in [0, 0.05) is 24.3 Å².